The molecule has 1 atom stereocenters. The van der Waals surface area contributed by atoms with E-state index in [9.17, 15) is 4.79 Å². The molecule has 0 aliphatic rings. The smallest absolute Gasteiger partial charge is 0.206 e. The summed E-state index contributed by atoms with van der Waals surface area (Å²) in [5, 5.41) is 11.8. The lowest BCUT2D eigenvalue weighted by atomic mass is 10.1. The number of hydrogen-bond acceptors (Lipinski definition) is 6. The molecular formula is C13H15N3OS2. The summed E-state index contributed by atoms with van der Waals surface area (Å²) < 4.78 is 0.813. The Morgan fingerprint density at radius 3 is 2.79 bits per heavy atom. The number of benzene rings is 1. The predicted molar refractivity (Wildman–Crippen MR) is 80.2 cm³/mol. The lowest BCUT2D eigenvalue weighted by molar-refractivity contribution is 0.0994. The molecule has 0 spiro atoms. The number of rotatable bonds is 6. The summed E-state index contributed by atoms with van der Waals surface area (Å²) in [6.07, 6.45) is 0. The minimum atomic E-state index is -0.162. The third-order valence-corrected chi connectivity index (χ3v) is 4.50. The molecule has 0 bridgehead atoms. The van der Waals surface area contributed by atoms with Crippen LogP contribution in [0.5, 0.6) is 0 Å². The van der Waals surface area contributed by atoms with E-state index in [1.807, 2.05) is 44.2 Å². The van der Waals surface area contributed by atoms with Gasteiger partial charge in [0.25, 0.3) is 0 Å². The van der Waals surface area contributed by atoms with Crippen molar-refractivity contribution < 1.29 is 4.79 Å². The number of carbonyl (C=O) groups excluding carboxylic acids is 1. The number of hydrogen-bond donors (Lipinski definition) is 1. The van der Waals surface area contributed by atoms with Gasteiger partial charge in [0.1, 0.15) is 0 Å². The standard InChI is InChI=1S/C13H15N3OS2/c1-3-14-12-15-16-13(19-12)18-9(2)11(17)10-7-5-4-6-8-10/h4-9H,3H2,1-2H3,(H,14,15). The molecule has 1 aromatic carbocycles. The largest absolute Gasteiger partial charge is 0.360 e. The van der Waals surface area contributed by atoms with Crippen LogP contribution in [-0.4, -0.2) is 27.8 Å². The SMILES string of the molecule is CCNc1nnc(SC(C)C(=O)c2ccccc2)s1. The average Bonchev–Trinajstić information content (AvgIpc) is 2.86. The highest BCUT2D eigenvalue weighted by Gasteiger charge is 2.18. The first-order valence-corrected chi connectivity index (χ1v) is 7.73. The molecule has 0 saturated carbocycles. The maximum atomic E-state index is 12.2. The second-order valence-corrected chi connectivity index (χ2v) is 6.46. The Morgan fingerprint density at radius 1 is 1.37 bits per heavy atom. The number of anilines is 1. The molecule has 100 valence electrons. The fraction of sp³-hybridized carbons (Fsp3) is 0.308. The van der Waals surface area contributed by atoms with Crippen molar-refractivity contribution in [3.8, 4) is 0 Å². The van der Waals surface area contributed by atoms with E-state index in [1.165, 1.54) is 23.1 Å². The van der Waals surface area contributed by atoms with E-state index in [0.29, 0.717) is 0 Å². The van der Waals surface area contributed by atoms with E-state index in [4.69, 9.17) is 0 Å². The van der Waals surface area contributed by atoms with Crippen molar-refractivity contribution in [2.24, 2.45) is 0 Å². The number of Topliss-reactive ketones (excluding diaryl/α,β-unsaturated/α-hetero) is 1. The topological polar surface area (TPSA) is 54.9 Å². The van der Waals surface area contributed by atoms with Crippen molar-refractivity contribution in [1.82, 2.24) is 10.2 Å². The van der Waals surface area contributed by atoms with Gasteiger partial charge in [-0.15, -0.1) is 10.2 Å². The number of aromatic nitrogens is 2. The van der Waals surface area contributed by atoms with Crippen LogP contribution in [0.2, 0.25) is 0 Å². The fourth-order valence-corrected chi connectivity index (χ4v) is 3.56. The van der Waals surface area contributed by atoms with Crippen molar-refractivity contribution in [3.63, 3.8) is 0 Å². The summed E-state index contributed by atoms with van der Waals surface area (Å²) in [7, 11) is 0. The maximum absolute atomic E-state index is 12.2. The molecule has 1 heterocycles. The van der Waals surface area contributed by atoms with Crippen molar-refractivity contribution in [2.45, 2.75) is 23.4 Å². The molecule has 0 aliphatic carbocycles. The Balaban J connectivity index is 2.00. The van der Waals surface area contributed by atoms with Gasteiger partial charge in [-0.25, -0.2) is 0 Å². The first-order chi connectivity index (χ1) is 9.20. The van der Waals surface area contributed by atoms with E-state index >= 15 is 0 Å². The quantitative estimate of drug-likeness (QED) is 0.654. The van der Waals surface area contributed by atoms with Crippen molar-refractivity contribution >= 4 is 34.0 Å². The molecule has 2 aromatic rings. The number of carbonyl (C=O) groups is 1. The molecule has 1 aromatic heterocycles. The minimum Gasteiger partial charge on any atom is -0.360 e. The van der Waals surface area contributed by atoms with Gasteiger partial charge < -0.3 is 5.32 Å². The number of ketones is 1. The summed E-state index contributed by atoms with van der Waals surface area (Å²) in [6, 6.07) is 9.33. The molecule has 1 N–H and O–H groups in total. The van der Waals surface area contributed by atoms with Gasteiger partial charge >= 0.3 is 0 Å². The van der Waals surface area contributed by atoms with Crippen LogP contribution in [0, 0.1) is 0 Å². The Morgan fingerprint density at radius 2 is 2.11 bits per heavy atom. The molecule has 0 radical (unpaired) electrons. The van der Waals surface area contributed by atoms with Gasteiger partial charge in [0.05, 0.1) is 5.25 Å². The molecule has 1 unspecified atom stereocenters. The van der Waals surface area contributed by atoms with Crippen LogP contribution >= 0.6 is 23.1 Å². The van der Waals surface area contributed by atoms with Crippen molar-refractivity contribution in [3.05, 3.63) is 35.9 Å². The fourth-order valence-electron chi connectivity index (χ4n) is 1.52. The Hall–Kier alpha value is -1.40. The Labute approximate surface area is 120 Å². The van der Waals surface area contributed by atoms with Crippen LogP contribution in [0.1, 0.15) is 24.2 Å². The predicted octanol–water partition coefficient (Wildman–Crippen LogP) is 3.33. The summed E-state index contributed by atoms with van der Waals surface area (Å²) >= 11 is 2.92. The maximum Gasteiger partial charge on any atom is 0.206 e. The molecular weight excluding hydrogens is 278 g/mol. The molecule has 4 nitrogen and oxygen atoms in total. The van der Waals surface area contributed by atoms with E-state index in [2.05, 4.69) is 15.5 Å². The van der Waals surface area contributed by atoms with Crippen molar-refractivity contribution in [2.75, 3.05) is 11.9 Å². The van der Waals surface area contributed by atoms with Crippen LogP contribution in [0.15, 0.2) is 34.7 Å². The molecule has 6 heteroatoms. The monoisotopic (exact) mass is 293 g/mol. The third kappa shape index (κ3) is 3.78. The molecule has 0 fully saturated rings. The molecule has 0 amide bonds. The average molecular weight is 293 g/mol. The van der Waals surface area contributed by atoms with Gasteiger partial charge in [-0.1, -0.05) is 53.4 Å². The highest BCUT2D eigenvalue weighted by Crippen LogP contribution is 2.30. The van der Waals surface area contributed by atoms with E-state index in [-0.39, 0.29) is 11.0 Å². The number of nitrogens with zero attached hydrogens (tertiary/aromatic N) is 2. The van der Waals surface area contributed by atoms with Gasteiger partial charge in [0, 0.05) is 12.1 Å². The normalized spacial score (nSPS) is 12.1. The zero-order chi connectivity index (χ0) is 13.7. The first-order valence-electron chi connectivity index (χ1n) is 6.04. The van der Waals surface area contributed by atoms with Crippen molar-refractivity contribution in [1.29, 1.82) is 0 Å². The van der Waals surface area contributed by atoms with Crippen LogP contribution < -0.4 is 5.32 Å². The second-order valence-electron chi connectivity index (χ2n) is 3.89. The highest BCUT2D eigenvalue weighted by atomic mass is 32.2. The second kappa shape index (κ2) is 6.68. The van der Waals surface area contributed by atoms with Gasteiger partial charge in [-0.05, 0) is 13.8 Å². The summed E-state index contributed by atoms with van der Waals surface area (Å²) in [5.74, 6) is 0.116. The summed E-state index contributed by atoms with van der Waals surface area (Å²) in [4.78, 5) is 12.2. The first kappa shape index (κ1) is 14.0. The zero-order valence-corrected chi connectivity index (χ0v) is 12.4. The Bertz CT molecular complexity index is 542. The van der Waals surface area contributed by atoms with Crippen LogP contribution in [0.3, 0.4) is 0 Å². The van der Waals surface area contributed by atoms with Crippen LogP contribution in [0.4, 0.5) is 5.13 Å². The van der Waals surface area contributed by atoms with E-state index in [0.717, 1.165) is 21.6 Å². The van der Waals surface area contributed by atoms with Gasteiger partial charge in [0.2, 0.25) is 5.13 Å². The van der Waals surface area contributed by atoms with Crippen LogP contribution in [0.25, 0.3) is 0 Å². The van der Waals surface area contributed by atoms with Gasteiger partial charge in [-0.3, -0.25) is 4.79 Å². The lowest BCUT2D eigenvalue weighted by Crippen LogP contribution is -2.13. The minimum absolute atomic E-state index is 0.116. The number of thioether (sulfide) groups is 1. The molecule has 19 heavy (non-hydrogen) atoms. The zero-order valence-electron chi connectivity index (χ0n) is 10.8. The van der Waals surface area contributed by atoms with Crippen LogP contribution in [-0.2, 0) is 0 Å². The van der Waals surface area contributed by atoms with Gasteiger partial charge in [-0.2, -0.15) is 0 Å². The highest BCUT2D eigenvalue weighted by molar-refractivity contribution is 8.02. The summed E-state index contributed by atoms with van der Waals surface area (Å²) in [6.45, 7) is 4.72. The molecule has 2 rings (SSSR count). The molecule has 0 saturated heterocycles. The lowest BCUT2D eigenvalue weighted by Gasteiger charge is -2.07. The van der Waals surface area contributed by atoms with Gasteiger partial charge in [0.15, 0.2) is 10.1 Å². The Kier molecular flexibility index (Phi) is 4.93. The summed E-state index contributed by atoms with van der Waals surface area (Å²) in [5.41, 5.74) is 0.735. The van der Waals surface area contributed by atoms with E-state index in [1.54, 1.807) is 0 Å². The van der Waals surface area contributed by atoms with E-state index < -0.39 is 0 Å². The third-order valence-electron chi connectivity index (χ3n) is 2.44. The molecule has 0 aliphatic heterocycles. The number of nitrogens with one attached hydrogen (secondary N) is 1.